The van der Waals surface area contributed by atoms with E-state index in [0.29, 0.717) is 51.8 Å². The molecule has 1 aromatic heterocycles. The van der Waals surface area contributed by atoms with Gasteiger partial charge in [-0.1, -0.05) is 42.5 Å². The van der Waals surface area contributed by atoms with Crippen LogP contribution in [0.2, 0.25) is 0 Å². The van der Waals surface area contributed by atoms with Crippen LogP contribution in [0.4, 0.5) is 11.4 Å². The molecule has 2 heterocycles. The normalized spacial score (nSPS) is 15.2. The zero-order valence-corrected chi connectivity index (χ0v) is 21.8. The molecule has 1 saturated heterocycles. The van der Waals surface area contributed by atoms with Gasteiger partial charge in [0, 0.05) is 36.5 Å². The predicted octanol–water partition coefficient (Wildman–Crippen LogP) is 3.40. The van der Waals surface area contributed by atoms with Gasteiger partial charge < -0.3 is 24.4 Å². The number of rotatable bonds is 15. The third-order valence-electron chi connectivity index (χ3n) is 6.11. The summed E-state index contributed by atoms with van der Waals surface area (Å²) in [6.45, 7) is 6.54. The Labute approximate surface area is 222 Å². The van der Waals surface area contributed by atoms with Gasteiger partial charge in [0.05, 0.1) is 51.7 Å². The maximum Gasteiger partial charge on any atom is 0.229 e. The second-order valence-corrected chi connectivity index (χ2v) is 9.01. The first-order valence-corrected chi connectivity index (χ1v) is 13.0. The number of hydrogen-bond donors (Lipinski definition) is 1. The van der Waals surface area contributed by atoms with E-state index in [1.54, 1.807) is 9.58 Å². The van der Waals surface area contributed by atoms with Crippen molar-refractivity contribution in [1.82, 2.24) is 15.0 Å². The SMILES string of the molecule is CCCOCCOCCOCCn1cc(-c2ccc(NC(=O)C3CC(=O)N(c4ccccc4)C3)cc2)nn1. The molecule has 0 bridgehead atoms. The molecule has 1 atom stereocenters. The molecule has 4 rings (SSSR count). The Hall–Kier alpha value is -3.60. The van der Waals surface area contributed by atoms with E-state index in [-0.39, 0.29) is 18.2 Å². The monoisotopic (exact) mass is 521 g/mol. The highest BCUT2D eigenvalue weighted by atomic mass is 16.5. The molecule has 2 aromatic carbocycles. The Bertz CT molecular complexity index is 1150. The average Bonchev–Trinajstić information content (AvgIpc) is 3.57. The summed E-state index contributed by atoms with van der Waals surface area (Å²) in [5.41, 5.74) is 3.11. The van der Waals surface area contributed by atoms with Crippen LogP contribution in [-0.2, 0) is 30.3 Å². The quantitative estimate of drug-likeness (QED) is 0.306. The fourth-order valence-corrected chi connectivity index (χ4v) is 4.09. The topological polar surface area (TPSA) is 108 Å². The molecule has 0 aliphatic carbocycles. The number of aromatic nitrogens is 3. The van der Waals surface area contributed by atoms with E-state index in [0.717, 1.165) is 30.0 Å². The van der Waals surface area contributed by atoms with E-state index < -0.39 is 5.92 Å². The fourth-order valence-electron chi connectivity index (χ4n) is 4.09. The van der Waals surface area contributed by atoms with Gasteiger partial charge in [-0.2, -0.15) is 0 Å². The number of carbonyl (C=O) groups excluding carboxylic acids is 2. The standard InChI is InChI=1S/C28H35N5O5/c1-2-13-36-15-17-38-18-16-37-14-12-32-21-26(30-31-32)22-8-10-24(11-9-22)29-28(35)23-19-27(34)33(20-23)25-6-4-3-5-7-25/h3-11,21,23H,2,12-20H2,1H3,(H,29,35). The van der Waals surface area contributed by atoms with Crippen molar-refractivity contribution in [3.05, 3.63) is 60.8 Å². The summed E-state index contributed by atoms with van der Waals surface area (Å²) < 4.78 is 18.1. The lowest BCUT2D eigenvalue weighted by atomic mass is 10.1. The van der Waals surface area contributed by atoms with Crippen LogP contribution in [0.25, 0.3) is 11.3 Å². The van der Waals surface area contributed by atoms with Gasteiger partial charge in [-0.25, -0.2) is 4.68 Å². The fraction of sp³-hybridized carbons (Fsp3) is 0.429. The van der Waals surface area contributed by atoms with Crippen LogP contribution in [0.5, 0.6) is 0 Å². The lowest BCUT2D eigenvalue weighted by Crippen LogP contribution is -2.28. The zero-order valence-electron chi connectivity index (χ0n) is 21.8. The lowest BCUT2D eigenvalue weighted by Gasteiger charge is -2.16. The molecule has 2 amide bonds. The first-order chi connectivity index (χ1) is 18.6. The number of anilines is 2. The van der Waals surface area contributed by atoms with Crippen molar-refractivity contribution in [3.63, 3.8) is 0 Å². The van der Waals surface area contributed by atoms with Crippen molar-refractivity contribution in [1.29, 1.82) is 0 Å². The minimum absolute atomic E-state index is 0.0403. The third-order valence-corrected chi connectivity index (χ3v) is 6.11. The summed E-state index contributed by atoms with van der Waals surface area (Å²) in [7, 11) is 0. The van der Waals surface area contributed by atoms with Gasteiger partial charge in [0.15, 0.2) is 0 Å². The Morgan fingerprint density at radius 3 is 2.34 bits per heavy atom. The largest absolute Gasteiger partial charge is 0.379 e. The molecule has 38 heavy (non-hydrogen) atoms. The number of ether oxygens (including phenoxy) is 3. The molecule has 1 aliphatic heterocycles. The molecule has 0 radical (unpaired) electrons. The number of nitrogens with one attached hydrogen (secondary N) is 1. The van der Waals surface area contributed by atoms with E-state index in [2.05, 4.69) is 22.6 Å². The smallest absolute Gasteiger partial charge is 0.229 e. The van der Waals surface area contributed by atoms with Crippen molar-refractivity contribution in [3.8, 4) is 11.3 Å². The van der Waals surface area contributed by atoms with Crippen molar-refractivity contribution < 1.29 is 23.8 Å². The van der Waals surface area contributed by atoms with E-state index in [4.69, 9.17) is 14.2 Å². The highest BCUT2D eigenvalue weighted by Crippen LogP contribution is 2.26. The molecule has 1 N–H and O–H groups in total. The van der Waals surface area contributed by atoms with Gasteiger partial charge in [-0.3, -0.25) is 9.59 Å². The summed E-state index contributed by atoms with van der Waals surface area (Å²) in [6.07, 6.45) is 3.07. The number of amides is 2. The van der Waals surface area contributed by atoms with Crippen molar-refractivity contribution in [2.75, 3.05) is 56.4 Å². The van der Waals surface area contributed by atoms with Gasteiger partial charge in [0.25, 0.3) is 0 Å². The van der Waals surface area contributed by atoms with Crippen LogP contribution >= 0.6 is 0 Å². The predicted molar refractivity (Wildman–Crippen MR) is 144 cm³/mol. The van der Waals surface area contributed by atoms with Crippen LogP contribution in [-0.4, -0.2) is 73.0 Å². The van der Waals surface area contributed by atoms with Crippen molar-refractivity contribution in [2.24, 2.45) is 5.92 Å². The Morgan fingerprint density at radius 2 is 1.63 bits per heavy atom. The van der Waals surface area contributed by atoms with Crippen LogP contribution in [0, 0.1) is 5.92 Å². The number of hydrogen-bond acceptors (Lipinski definition) is 7. The number of para-hydroxylation sites is 1. The average molecular weight is 522 g/mol. The van der Waals surface area contributed by atoms with Crippen LogP contribution in [0.1, 0.15) is 19.8 Å². The molecule has 1 fully saturated rings. The van der Waals surface area contributed by atoms with Crippen molar-refractivity contribution >= 4 is 23.2 Å². The Kier molecular flexibility index (Phi) is 10.4. The molecular weight excluding hydrogens is 486 g/mol. The Balaban J connectivity index is 1.17. The zero-order chi connectivity index (χ0) is 26.6. The first-order valence-electron chi connectivity index (χ1n) is 13.0. The van der Waals surface area contributed by atoms with Gasteiger partial charge in [-0.05, 0) is 30.7 Å². The summed E-state index contributed by atoms with van der Waals surface area (Å²) >= 11 is 0. The Morgan fingerprint density at radius 1 is 0.947 bits per heavy atom. The molecule has 1 aliphatic rings. The maximum atomic E-state index is 12.8. The first kappa shape index (κ1) is 27.4. The maximum absolute atomic E-state index is 12.8. The van der Waals surface area contributed by atoms with Crippen LogP contribution < -0.4 is 10.2 Å². The van der Waals surface area contributed by atoms with E-state index in [1.165, 1.54) is 0 Å². The third kappa shape index (κ3) is 7.95. The highest BCUT2D eigenvalue weighted by Gasteiger charge is 2.35. The van der Waals surface area contributed by atoms with Gasteiger partial charge in [0.2, 0.25) is 11.8 Å². The molecule has 202 valence electrons. The molecule has 10 heteroatoms. The van der Waals surface area contributed by atoms with Gasteiger partial charge >= 0.3 is 0 Å². The second kappa shape index (κ2) is 14.4. The lowest BCUT2D eigenvalue weighted by molar-refractivity contribution is -0.122. The summed E-state index contributed by atoms with van der Waals surface area (Å²) in [5.74, 6) is -0.594. The second-order valence-electron chi connectivity index (χ2n) is 9.01. The van der Waals surface area contributed by atoms with Crippen LogP contribution in [0.15, 0.2) is 60.8 Å². The summed E-state index contributed by atoms with van der Waals surface area (Å²) in [6, 6.07) is 16.9. The number of nitrogens with zero attached hydrogens (tertiary/aromatic N) is 4. The van der Waals surface area contributed by atoms with Crippen molar-refractivity contribution in [2.45, 2.75) is 26.3 Å². The van der Waals surface area contributed by atoms with E-state index in [9.17, 15) is 9.59 Å². The molecule has 0 spiro atoms. The minimum atomic E-state index is -0.393. The molecule has 1 unspecified atom stereocenters. The van der Waals surface area contributed by atoms with Gasteiger partial charge in [0.1, 0.15) is 5.69 Å². The summed E-state index contributed by atoms with van der Waals surface area (Å²) in [5, 5.41) is 11.3. The van der Waals surface area contributed by atoms with E-state index in [1.807, 2.05) is 60.8 Å². The number of benzene rings is 2. The molecule has 10 nitrogen and oxygen atoms in total. The molecule has 3 aromatic rings. The van der Waals surface area contributed by atoms with Gasteiger partial charge in [-0.15, -0.1) is 5.10 Å². The number of carbonyl (C=O) groups is 2. The van der Waals surface area contributed by atoms with E-state index >= 15 is 0 Å². The molecule has 0 saturated carbocycles. The molecular formula is C28H35N5O5. The minimum Gasteiger partial charge on any atom is -0.379 e. The highest BCUT2D eigenvalue weighted by molar-refractivity contribution is 6.03. The van der Waals surface area contributed by atoms with Crippen LogP contribution in [0.3, 0.4) is 0 Å². The summed E-state index contributed by atoms with van der Waals surface area (Å²) in [4.78, 5) is 26.9.